The highest BCUT2D eigenvalue weighted by Crippen LogP contribution is 2.62. The lowest BCUT2D eigenvalue weighted by Crippen LogP contribution is -2.24. The number of para-hydroxylation sites is 1. The molecule has 5 aromatic carbocycles. The number of benzene rings is 5. The van der Waals surface area contributed by atoms with Crippen LogP contribution in [0, 0.1) is 0 Å². The Bertz CT molecular complexity index is 1410. The number of ether oxygens (including phenoxy) is 1. The van der Waals surface area contributed by atoms with Gasteiger partial charge in [0.05, 0.1) is 10.8 Å². The predicted octanol–water partition coefficient (Wildman–Crippen LogP) is 7.78. The summed E-state index contributed by atoms with van der Waals surface area (Å²) in [5.74, 6) is 0.913. The van der Waals surface area contributed by atoms with E-state index in [1.165, 1.54) is 26.3 Å². The highest BCUT2D eigenvalue weighted by atomic mass is 31.2. The van der Waals surface area contributed by atoms with Gasteiger partial charge in [0, 0.05) is 5.69 Å². The molecule has 0 aromatic heterocycles. The Labute approximate surface area is 233 Å². The number of nitrogens with zero attached hydrogens (tertiary/aromatic N) is 1. The first-order valence-corrected chi connectivity index (χ1v) is 15.7. The third-order valence-electron chi connectivity index (χ3n) is 6.58. The lowest BCUT2D eigenvalue weighted by molar-refractivity contribution is 0.367. The van der Waals surface area contributed by atoms with E-state index in [2.05, 4.69) is 163 Å². The van der Waals surface area contributed by atoms with Gasteiger partial charge in [0.15, 0.2) is 0 Å². The third kappa shape index (κ3) is 5.32. The van der Waals surface area contributed by atoms with Gasteiger partial charge in [-0.25, -0.2) is 0 Å². The molecule has 0 radical (unpaired) electrons. The largest absolute Gasteiger partial charge is 0.445 e. The number of hydrogen-bond acceptors (Lipinski definition) is 2. The van der Waals surface area contributed by atoms with E-state index in [9.17, 15) is 0 Å². The van der Waals surface area contributed by atoms with Crippen LogP contribution in [0.15, 0.2) is 175 Å². The molecule has 0 spiro atoms. The molecule has 5 aromatic rings. The first kappa shape index (κ1) is 25.3. The van der Waals surface area contributed by atoms with Crippen molar-refractivity contribution in [2.45, 2.75) is 6.92 Å². The molecule has 1 heterocycles. The van der Waals surface area contributed by atoms with Gasteiger partial charge in [0.1, 0.15) is 6.26 Å². The Hall–Kier alpha value is -3.96. The van der Waals surface area contributed by atoms with Gasteiger partial charge in [-0.2, -0.15) is 0 Å². The van der Waals surface area contributed by atoms with E-state index < -0.39 is 15.8 Å². The predicted molar refractivity (Wildman–Crippen MR) is 169 cm³/mol. The van der Waals surface area contributed by atoms with E-state index in [0.717, 1.165) is 17.3 Å². The Balaban J connectivity index is 1.70. The molecule has 0 saturated heterocycles. The van der Waals surface area contributed by atoms with Crippen molar-refractivity contribution in [3.05, 3.63) is 175 Å². The fourth-order valence-electron chi connectivity index (χ4n) is 4.84. The second-order valence-corrected chi connectivity index (χ2v) is 13.8. The topological polar surface area (TPSA) is 12.5 Å². The normalized spacial score (nSPS) is 12.9. The van der Waals surface area contributed by atoms with Gasteiger partial charge < -0.3 is 4.74 Å². The zero-order valence-electron chi connectivity index (χ0n) is 21.8. The van der Waals surface area contributed by atoms with Crippen molar-refractivity contribution in [1.82, 2.24) is 0 Å². The maximum absolute atomic E-state index is 6.62. The SMILES string of the molecule is CC1=COC(=C(P(c2ccccc2)c2ccccc2)P(c2ccccc2)c2ccccc2)N1c1ccccc1. The fourth-order valence-corrected chi connectivity index (χ4v) is 11.2. The molecule has 190 valence electrons. The van der Waals surface area contributed by atoms with Crippen LogP contribution >= 0.6 is 15.8 Å². The molecule has 0 unspecified atom stereocenters. The number of hydrogen-bond donors (Lipinski definition) is 0. The van der Waals surface area contributed by atoms with Gasteiger partial charge in [-0.3, -0.25) is 4.90 Å². The molecule has 0 bridgehead atoms. The molecule has 0 amide bonds. The minimum atomic E-state index is -0.940. The van der Waals surface area contributed by atoms with Crippen LogP contribution in [0.2, 0.25) is 0 Å². The molecule has 4 heteroatoms. The minimum absolute atomic E-state index is 0.913. The number of allylic oxidation sites excluding steroid dienone is 1. The lowest BCUT2D eigenvalue weighted by Gasteiger charge is -2.33. The van der Waals surface area contributed by atoms with Crippen molar-refractivity contribution < 1.29 is 4.74 Å². The maximum atomic E-state index is 6.62. The maximum Gasteiger partial charge on any atom is 0.213 e. The van der Waals surface area contributed by atoms with Crippen LogP contribution in [0.4, 0.5) is 5.69 Å². The highest BCUT2D eigenvalue weighted by molar-refractivity contribution is 7.94. The van der Waals surface area contributed by atoms with Crippen LogP contribution in [0.1, 0.15) is 6.92 Å². The molecule has 1 aliphatic heterocycles. The molecule has 39 heavy (non-hydrogen) atoms. The summed E-state index contributed by atoms with van der Waals surface area (Å²) >= 11 is 0. The molecule has 1 aliphatic rings. The number of rotatable bonds is 7. The highest BCUT2D eigenvalue weighted by Gasteiger charge is 2.36. The molecule has 0 aliphatic carbocycles. The second-order valence-electron chi connectivity index (χ2n) is 9.19. The first-order valence-electron chi connectivity index (χ1n) is 13.0. The van der Waals surface area contributed by atoms with E-state index >= 15 is 0 Å². The summed E-state index contributed by atoms with van der Waals surface area (Å²) in [6.07, 6.45) is 1.90. The Morgan fingerprint density at radius 3 is 1.18 bits per heavy atom. The average molecular weight is 542 g/mol. The van der Waals surface area contributed by atoms with Crippen molar-refractivity contribution in [2.75, 3.05) is 4.90 Å². The van der Waals surface area contributed by atoms with Crippen molar-refractivity contribution in [1.29, 1.82) is 0 Å². The Morgan fingerprint density at radius 2 is 0.821 bits per heavy atom. The summed E-state index contributed by atoms with van der Waals surface area (Å²) in [7, 11) is -1.88. The van der Waals surface area contributed by atoms with E-state index in [1.54, 1.807) is 0 Å². The molecule has 2 nitrogen and oxygen atoms in total. The van der Waals surface area contributed by atoms with E-state index in [-0.39, 0.29) is 0 Å². The van der Waals surface area contributed by atoms with E-state index in [0.29, 0.717) is 0 Å². The zero-order valence-corrected chi connectivity index (χ0v) is 23.5. The lowest BCUT2D eigenvalue weighted by atomic mass is 10.3. The summed E-state index contributed by atoms with van der Waals surface area (Å²) in [6, 6.07) is 54.3. The molecular weight excluding hydrogens is 512 g/mol. The van der Waals surface area contributed by atoms with Gasteiger partial charge in [-0.05, 0) is 56.1 Å². The van der Waals surface area contributed by atoms with Gasteiger partial charge in [-0.15, -0.1) is 0 Å². The Kier molecular flexibility index (Phi) is 7.68. The third-order valence-corrected chi connectivity index (χ3v) is 12.3. The Morgan fingerprint density at radius 1 is 0.487 bits per heavy atom. The van der Waals surface area contributed by atoms with Gasteiger partial charge in [0.25, 0.3) is 0 Å². The van der Waals surface area contributed by atoms with Crippen LogP contribution in [0.5, 0.6) is 0 Å². The van der Waals surface area contributed by atoms with E-state index in [4.69, 9.17) is 4.74 Å². The zero-order chi connectivity index (χ0) is 26.4. The summed E-state index contributed by atoms with van der Waals surface area (Å²) in [6.45, 7) is 2.12. The molecular formula is C35H29NOP2. The minimum Gasteiger partial charge on any atom is -0.445 e. The quantitative estimate of drug-likeness (QED) is 0.195. The smallest absolute Gasteiger partial charge is 0.213 e. The molecule has 6 rings (SSSR count). The van der Waals surface area contributed by atoms with Gasteiger partial charge in [0.2, 0.25) is 5.88 Å². The molecule has 0 fully saturated rings. The van der Waals surface area contributed by atoms with Crippen LogP contribution in [-0.2, 0) is 4.74 Å². The number of anilines is 1. The molecule has 0 saturated carbocycles. The van der Waals surface area contributed by atoms with Gasteiger partial charge >= 0.3 is 0 Å². The van der Waals surface area contributed by atoms with Crippen molar-refractivity contribution in [2.24, 2.45) is 0 Å². The standard InChI is InChI=1S/C35H29NOP2/c1-28-27-37-34(36(28)29-17-7-2-8-18-29)35(38(30-19-9-3-10-20-30)31-21-11-4-12-22-31)39(32-23-13-5-14-24-32)33-25-15-6-16-26-33/h2-27H,1H3. The van der Waals surface area contributed by atoms with E-state index in [1.807, 2.05) is 6.26 Å². The van der Waals surface area contributed by atoms with Crippen molar-refractivity contribution in [3.8, 4) is 0 Å². The van der Waals surface area contributed by atoms with Gasteiger partial charge in [-0.1, -0.05) is 140 Å². The fraction of sp³-hybridized carbons (Fsp3) is 0.0286. The molecule has 0 atom stereocenters. The summed E-state index contributed by atoms with van der Waals surface area (Å²) in [4.78, 5) is 2.29. The van der Waals surface area contributed by atoms with Crippen LogP contribution in [0.3, 0.4) is 0 Å². The second kappa shape index (κ2) is 11.8. The van der Waals surface area contributed by atoms with Crippen LogP contribution in [0.25, 0.3) is 0 Å². The monoisotopic (exact) mass is 541 g/mol. The average Bonchev–Trinajstić information content (AvgIpc) is 3.40. The first-order chi connectivity index (χ1) is 19.3. The van der Waals surface area contributed by atoms with Crippen LogP contribution in [-0.4, -0.2) is 0 Å². The summed E-state index contributed by atoms with van der Waals surface area (Å²) < 4.78 is 6.62. The van der Waals surface area contributed by atoms with Crippen molar-refractivity contribution >= 4 is 42.7 Å². The van der Waals surface area contributed by atoms with Crippen molar-refractivity contribution in [3.63, 3.8) is 0 Å². The molecule has 0 N–H and O–H groups in total. The summed E-state index contributed by atoms with van der Waals surface area (Å²) in [5, 5.41) is 6.55. The summed E-state index contributed by atoms with van der Waals surface area (Å²) in [5.41, 5.74) is 2.17. The van der Waals surface area contributed by atoms with Crippen LogP contribution < -0.4 is 26.1 Å².